The number of nitrogens with zero attached hydrogens (tertiary/aromatic N) is 1. The number of benzene rings is 2. The highest BCUT2D eigenvalue weighted by Gasteiger charge is 2.31. The molecule has 1 heterocycles. The summed E-state index contributed by atoms with van der Waals surface area (Å²) in [5, 5.41) is 8.76. The fourth-order valence-corrected chi connectivity index (χ4v) is 4.09. The molecule has 1 aliphatic heterocycles. The lowest BCUT2D eigenvalue weighted by Gasteiger charge is -2.13. The van der Waals surface area contributed by atoms with Crippen molar-refractivity contribution in [2.45, 2.75) is 26.4 Å². The van der Waals surface area contributed by atoms with E-state index < -0.39 is 5.97 Å². The molecule has 1 fully saturated rings. The van der Waals surface area contributed by atoms with Gasteiger partial charge in [-0.1, -0.05) is 65.9 Å². The topological polar surface area (TPSA) is 66.8 Å². The van der Waals surface area contributed by atoms with E-state index in [1.54, 1.807) is 6.08 Å². The third kappa shape index (κ3) is 5.92. The lowest BCUT2D eigenvalue weighted by Crippen LogP contribution is -2.29. The van der Waals surface area contributed by atoms with Crippen LogP contribution < -0.4 is 4.74 Å². The fourth-order valence-electron chi connectivity index (χ4n) is 2.78. The second-order valence-corrected chi connectivity index (χ2v) is 8.35. The van der Waals surface area contributed by atoms with Gasteiger partial charge >= 0.3 is 5.97 Å². The van der Waals surface area contributed by atoms with Gasteiger partial charge in [0.1, 0.15) is 16.7 Å². The summed E-state index contributed by atoms with van der Waals surface area (Å²) in [5.41, 5.74) is 3.14. The molecule has 2 aromatic rings. The molecule has 1 amide bonds. The van der Waals surface area contributed by atoms with Crippen LogP contribution in [0.5, 0.6) is 5.75 Å². The normalized spacial score (nSPS) is 15.2. The van der Waals surface area contributed by atoms with Crippen LogP contribution in [0.4, 0.5) is 0 Å². The number of hydrogen-bond donors (Lipinski definition) is 1. The highest BCUT2D eigenvalue weighted by molar-refractivity contribution is 8.26. The SMILES string of the molecule is Cc1ccc(COc2cccc(/C=C3/SC(=S)N(CCCC(=O)O)C3=O)c2)cc1. The van der Waals surface area contributed by atoms with Crippen molar-refractivity contribution in [2.24, 2.45) is 0 Å². The number of carboxylic acids is 1. The molecular formula is C22H21NO4S2. The molecule has 0 saturated carbocycles. The molecule has 7 heteroatoms. The maximum atomic E-state index is 12.6. The minimum absolute atomic E-state index is 0.0104. The van der Waals surface area contributed by atoms with E-state index in [-0.39, 0.29) is 12.3 Å². The van der Waals surface area contributed by atoms with Crippen molar-refractivity contribution in [2.75, 3.05) is 6.54 Å². The summed E-state index contributed by atoms with van der Waals surface area (Å²) >= 11 is 6.51. The van der Waals surface area contributed by atoms with Gasteiger partial charge in [-0.25, -0.2) is 0 Å². The average Bonchev–Trinajstić information content (AvgIpc) is 2.95. The summed E-state index contributed by atoms with van der Waals surface area (Å²) in [6, 6.07) is 15.7. The van der Waals surface area contributed by atoms with Crippen LogP contribution in [0.2, 0.25) is 0 Å². The fraction of sp³-hybridized carbons (Fsp3) is 0.227. The predicted molar refractivity (Wildman–Crippen MR) is 119 cm³/mol. The molecule has 0 atom stereocenters. The highest BCUT2D eigenvalue weighted by Crippen LogP contribution is 2.33. The number of ether oxygens (including phenoxy) is 1. The van der Waals surface area contributed by atoms with Crippen molar-refractivity contribution in [1.82, 2.24) is 4.90 Å². The van der Waals surface area contributed by atoms with Gasteiger partial charge in [0.15, 0.2) is 0 Å². The zero-order valence-electron chi connectivity index (χ0n) is 16.0. The van der Waals surface area contributed by atoms with Crippen LogP contribution in [-0.2, 0) is 16.2 Å². The van der Waals surface area contributed by atoms with Crippen LogP contribution in [0.15, 0.2) is 53.4 Å². The number of carbonyl (C=O) groups is 2. The number of carbonyl (C=O) groups excluding carboxylic acids is 1. The lowest BCUT2D eigenvalue weighted by molar-refractivity contribution is -0.137. The first-order valence-corrected chi connectivity index (χ1v) is 10.4. The molecule has 150 valence electrons. The van der Waals surface area contributed by atoms with Gasteiger partial charge in [-0.05, 0) is 42.7 Å². The average molecular weight is 428 g/mol. The monoisotopic (exact) mass is 427 g/mol. The lowest BCUT2D eigenvalue weighted by atomic mass is 10.1. The van der Waals surface area contributed by atoms with Crippen molar-refractivity contribution in [3.8, 4) is 5.75 Å². The molecule has 0 bridgehead atoms. The number of carboxylic acid groups (broad SMARTS) is 1. The summed E-state index contributed by atoms with van der Waals surface area (Å²) in [5.74, 6) is -0.346. The van der Waals surface area contributed by atoms with Crippen LogP contribution in [0.1, 0.15) is 29.5 Å². The van der Waals surface area contributed by atoms with Crippen molar-refractivity contribution >= 4 is 46.3 Å². The van der Waals surface area contributed by atoms with Gasteiger partial charge in [-0.2, -0.15) is 0 Å². The van der Waals surface area contributed by atoms with Gasteiger partial charge in [-0.3, -0.25) is 14.5 Å². The smallest absolute Gasteiger partial charge is 0.303 e. The Morgan fingerprint density at radius 1 is 1.24 bits per heavy atom. The largest absolute Gasteiger partial charge is 0.489 e. The first-order chi connectivity index (χ1) is 13.9. The van der Waals surface area contributed by atoms with Crippen molar-refractivity contribution < 1.29 is 19.4 Å². The van der Waals surface area contributed by atoms with Crippen molar-refractivity contribution in [3.05, 3.63) is 70.1 Å². The summed E-state index contributed by atoms with van der Waals surface area (Å²) in [6.45, 7) is 2.83. The van der Waals surface area contributed by atoms with Crippen LogP contribution in [-0.4, -0.2) is 32.7 Å². The van der Waals surface area contributed by atoms with E-state index in [0.717, 1.165) is 16.9 Å². The van der Waals surface area contributed by atoms with E-state index >= 15 is 0 Å². The van der Waals surface area contributed by atoms with E-state index in [1.807, 2.05) is 55.5 Å². The van der Waals surface area contributed by atoms with E-state index in [9.17, 15) is 9.59 Å². The van der Waals surface area contributed by atoms with E-state index in [0.29, 0.717) is 28.8 Å². The predicted octanol–water partition coefficient (Wildman–Crippen LogP) is 4.64. The number of amides is 1. The van der Waals surface area contributed by atoms with Crippen molar-refractivity contribution in [3.63, 3.8) is 0 Å². The minimum atomic E-state index is -0.881. The van der Waals surface area contributed by atoms with E-state index in [4.69, 9.17) is 22.1 Å². The molecule has 0 aromatic heterocycles. The summed E-state index contributed by atoms with van der Waals surface area (Å²) in [4.78, 5) is 25.3. The van der Waals surface area contributed by atoms with Crippen LogP contribution in [0, 0.1) is 6.92 Å². The molecule has 1 aliphatic rings. The Balaban J connectivity index is 1.64. The molecule has 3 rings (SSSR count). The molecule has 1 N–H and O–H groups in total. The van der Waals surface area contributed by atoms with Gasteiger partial charge in [0.2, 0.25) is 0 Å². The third-order valence-corrected chi connectivity index (χ3v) is 5.71. The third-order valence-electron chi connectivity index (χ3n) is 4.33. The van der Waals surface area contributed by atoms with Gasteiger partial charge in [0.05, 0.1) is 4.91 Å². The molecular weight excluding hydrogens is 406 g/mol. The number of thiocarbonyl (C=S) groups is 1. The molecule has 1 saturated heterocycles. The van der Waals surface area contributed by atoms with Crippen LogP contribution in [0.25, 0.3) is 6.08 Å². The second kappa shape index (κ2) is 9.71. The summed E-state index contributed by atoms with van der Waals surface area (Å²) in [7, 11) is 0. The number of aryl methyl sites for hydroxylation is 1. The molecule has 0 spiro atoms. The highest BCUT2D eigenvalue weighted by atomic mass is 32.2. The zero-order valence-corrected chi connectivity index (χ0v) is 17.6. The molecule has 0 unspecified atom stereocenters. The van der Waals surface area contributed by atoms with Gasteiger partial charge in [0, 0.05) is 13.0 Å². The number of hydrogen-bond acceptors (Lipinski definition) is 5. The zero-order chi connectivity index (χ0) is 20.8. The maximum Gasteiger partial charge on any atom is 0.303 e. The molecule has 0 radical (unpaired) electrons. The Hall–Kier alpha value is -2.64. The maximum absolute atomic E-state index is 12.6. The second-order valence-electron chi connectivity index (χ2n) is 6.68. The Labute approximate surface area is 179 Å². The quantitative estimate of drug-likeness (QED) is 0.489. The number of thioether (sulfide) groups is 1. The Morgan fingerprint density at radius 2 is 2.00 bits per heavy atom. The standard InChI is InChI=1S/C22H21NO4S2/c1-15-7-9-16(10-8-15)14-27-18-5-2-4-17(12-18)13-19-21(26)23(22(28)29-19)11-3-6-20(24)25/h2,4-5,7-10,12-13H,3,6,11,14H2,1H3,(H,24,25)/b19-13+. The summed E-state index contributed by atoms with van der Waals surface area (Å²) in [6.07, 6.45) is 2.17. The minimum Gasteiger partial charge on any atom is -0.489 e. The Kier molecular flexibility index (Phi) is 7.06. The van der Waals surface area contributed by atoms with Crippen LogP contribution in [0.3, 0.4) is 0 Å². The van der Waals surface area contributed by atoms with Gasteiger partial charge in [0.25, 0.3) is 5.91 Å². The molecule has 5 nitrogen and oxygen atoms in total. The van der Waals surface area contributed by atoms with Gasteiger partial charge in [-0.15, -0.1) is 0 Å². The Morgan fingerprint density at radius 3 is 2.72 bits per heavy atom. The first kappa shape index (κ1) is 21.1. The number of rotatable bonds is 8. The van der Waals surface area contributed by atoms with E-state index in [2.05, 4.69) is 0 Å². The molecule has 29 heavy (non-hydrogen) atoms. The van der Waals surface area contributed by atoms with E-state index in [1.165, 1.54) is 22.2 Å². The van der Waals surface area contributed by atoms with Crippen LogP contribution >= 0.6 is 24.0 Å². The molecule has 0 aliphatic carbocycles. The molecule has 2 aromatic carbocycles. The Bertz CT molecular complexity index is 954. The van der Waals surface area contributed by atoms with Gasteiger partial charge < -0.3 is 9.84 Å². The summed E-state index contributed by atoms with van der Waals surface area (Å²) < 4.78 is 6.33. The number of aliphatic carboxylic acids is 1. The first-order valence-electron chi connectivity index (χ1n) is 9.18. The van der Waals surface area contributed by atoms with Crippen molar-refractivity contribution in [1.29, 1.82) is 0 Å².